The zero-order valence-electron chi connectivity index (χ0n) is 10.3. The van der Waals surface area contributed by atoms with E-state index in [1.165, 1.54) is 11.7 Å². The van der Waals surface area contributed by atoms with Crippen LogP contribution < -0.4 is 5.32 Å². The first-order chi connectivity index (χ1) is 9.22. The van der Waals surface area contributed by atoms with Gasteiger partial charge in [0.25, 0.3) is 5.91 Å². The Morgan fingerprint density at radius 3 is 2.58 bits per heavy atom. The predicted octanol–water partition coefficient (Wildman–Crippen LogP) is 3.25. The minimum absolute atomic E-state index is 0.123. The molecule has 0 unspecified atom stereocenters. The number of carbonyl (C=O) groups is 1. The van der Waals surface area contributed by atoms with Gasteiger partial charge < -0.3 is 5.32 Å². The normalized spacial score (nSPS) is 10.6. The van der Waals surface area contributed by atoms with Crippen molar-refractivity contribution in [3.05, 3.63) is 53.6 Å². The molecule has 94 valence electrons. The van der Waals surface area contributed by atoms with Crippen LogP contribution in [0.3, 0.4) is 0 Å². The lowest BCUT2D eigenvalue weighted by atomic mass is 10.1. The van der Waals surface area contributed by atoms with E-state index in [-0.39, 0.29) is 5.91 Å². The van der Waals surface area contributed by atoms with E-state index in [9.17, 15) is 4.79 Å². The fourth-order valence-electron chi connectivity index (χ4n) is 1.77. The van der Waals surface area contributed by atoms with E-state index >= 15 is 0 Å². The summed E-state index contributed by atoms with van der Waals surface area (Å²) in [5.74, 6) is -0.123. The number of aryl methyl sites for hydroxylation is 1. The van der Waals surface area contributed by atoms with Gasteiger partial charge in [-0.3, -0.25) is 4.79 Å². The third kappa shape index (κ3) is 2.46. The average molecular weight is 269 g/mol. The Kier molecular flexibility index (Phi) is 2.97. The van der Waals surface area contributed by atoms with Gasteiger partial charge in [-0.2, -0.15) is 8.75 Å². The molecule has 0 saturated heterocycles. The highest BCUT2D eigenvalue weighted by Crippen LogP contribution is 2.17. The SMILES string of the molecule is Cc1ccc(C(=O)Nc2ccc3nsnc3c2)cc1. The number of carbonyl (C=O) groups excluding carboxylic acids is 1. The van der Waals surface area contributed by atoms with Crippen LogP contribution in [0.25, 0.3) is 11.0 Å². The molecule has 5 heteroatoms. The van der Waals surface area contributed by atoms with Crippen molar-refractivity contribution in [1.82, 2.24) is 8.75 Å². The Bertz CT molecular complexity index is 734. The van der Waals surface area contributed by atoms with Crippen molar-refractivity contribution in [3.8, 4) is 0 Å². The molecular formula is C14H11N3OS. The second kappa shape index (κ2) is 4.78. The van der Waals surface area contributed by atoms with Crippen molar-refractivity contribution in [2.24, 2.45) is 0 Å². The summed E-state index contributed by atoms with van der Waals surface area (Å²) in [4.78, 5) is 12.1. The van der Waals surface area contributed by atoms with Crippen molar-refractivity contribution >= 4 is 34.4 Å². The molecule has 1 amide bonds. The van der Waals surface area contributed by atoms with E-state index < -0.39 is 0 Å². The average Bonchev–Trinajstić information content (AvgIpc) is 2.87. The molecule has 0 bridgehead atoms. The lowest BCUT2D eigenvalue weighted by Gasteiger charge is -2.05. The number of nitrogens with zero attached hydrogens (tertiary/aromatic N) is 2. The first kappa shape index (κ1) is 11.8. The monoisotopic (exact) mass is 269 g/mol. The van der Waals surface area contributed by atoms with Crippen LogP contribution in [-0.2, 0) is 0 Å². The zero-order valence-corrected chi connectivity index (χ0v) is 11.1. The molecule has 3 rings (SSSR count). The smallest absolute Gasteiger partial charge is 0.255 e. The topological polar surface area (TPSA) is 54.9 Å². The van der Waals surface area contributed by atoms with Crippen LogP contribution in [0.1, 0.15) is 15.9 Å². The van der Waals surface area contributed by atoms with Crippen LogP contribution in [0, 0.1) is 6.92 Å². The van der Waals surface area contributed by atoms with E-state index in [1.54, 1.807) is 0 Å². The van der Waals surface area contributed by atoms with E-state index in [0.717, 1.165) is 22.3 Å². The molecule has 0 aliphatic carbocycles. The summed E-state index contributed by atoms with van der Waals surface area (Å²) in [6.45, 7) is 1.99. The van der Waals surface area contributed by atoms with Crippen LogP contribution in [0.5, 0.6) is 0 Å². The van der Waals surface area contributed by atoms with Crippen LogP contribution >= 0.6 is 11.7 Å². The molecule has 0 aliphatic heterocycles. The summed E-state index contributed by atoms with van der Waals surface area (Å²) in [6, 6.07) is 13.0. The Hall–Kier alpha value is -2.27. The maximum absolute atomic E-state index is 12.1. The fraction of sp³-hybridized carbons (Fsp3) is 0.0714. The molecule has 4 nitrogen and oxygen atoms in total. The summed E-state index contributed by atoms with van der Waals surface area (Å²) >= 11 is 1.17. The summed E-state index contributed by atoms with van der Waals surface area (Å²) in [6.07, 6.45) is 0. The Morgan fingerprint density at radius 1 is 1.05 bits per heavy atom. The van der Waals surface area contributed by atoms with Gasteiger partial charge in [0.05, 0.1) is 11.7 Å². The van der Waals surface area contributed by atoms with Crippen molar-refractivity contribution in [2.45, 2.75) is 6.92 Å². The van der Waals surface area contributed by atoms with Gasteiger partial charge in [-0.1, -0.05) is 17.7 Å². The maximum atomic E-state index is 12.1. The number of amides is 1. The van der Waals surface area contributed by atoms with Crippen LogP contribution in [0.4, 0.5) is 5.69 Å². The van der Waals surface area contributed by atoms with Crippen LogP contribution in [0.2, 0.25) is 0 Å². The lowest BCUT2D eigenvalue weighted by Crippen LogP contribution is -2.11. The number of aromatic nitrogens is 2. The van der Waals surface area contributed by atoms with E-state index in [4.69, 9.17) is 0 Å². The van der Waals surface area contributed by atoms with Crippen molar-refractivity contribution < 1.29 is 4.79 Å². The number of rotatable bonds is 2. The Balaban J connectivity index is 1.83. The number of anilines is 1. The molecule has 19 heavy (non-hydrogen) atoms. The maximum Gasteiger partial charge on any atom is 0.255 e. The zero-order chi connectivity index (χ0) is 13.2. The van der Waals surface area contributed by atoms with Crippen LogP contribution in [-0.4, -0.2) is 14.7 Å². The molecule has 1 aromatic heterocycles. The predicted molar refractivity (Wildman–Crippen MR) is 76.5 cm³/mol. The van der Waals surface area contributed by atoms with Gasteiger partial charge in [0.15, 0.2) is 0 Å². The molecule has 0 saturated carbocycles. The first-order valence-corrected chi connectivity index (χ1v) is 6.56. The number of nitrogens with one attached hydrogen (secondary N) is 1. The molecule has 1 N–H and O–H groups in total. The van der Waals surface area contributed by atoms with E-state index in [2.05, 4.69) is 14.1 Å². The van der Waals surface area contributed by atoms with Gasteiger partial charge in [-0.05, 0) is 37.3 Å². The van der Waals surface area contributed by atoms with Crippen molar-refractivity contribution in [2.75, 3.05) is 5.32 Å². The summed E-state index contributed by atoms with van der Waals surface area (Å²) < 4.78 is 8.27. The summed E-state index contributed by atoms with van der Waals surface area (Å²) in [5.41, 5.74) is 4.14. The van der Waals surface area contributed by atoms with Crippen molar-refractivity contribution in [1.29, 1.82) is 0 Å². The second-order valence-corrected chi connectivity index (χ2v) is 4.82. The number of benzene rings is 2. The Morgan fingerprint density at radius 2 is 1.79 bits per heavy atom. The molecule has 0 spiro atoms. The highest BCUT2D eigenvalue weighted by Gasteiger charge is 2.07. The van der Waals surface area contributed by atoms with E-state index in [1.807, 2.05) is 49.4 Å². The van der Waals surface area contributed by atoms with Gasteiger partial charge in [-0.15, -0.1) is 0 Å². The molecule has 0 radical (unpaired) electrons. The first-order valence-electron chi connectivity index (χ1n) is 5.83. The van der Waals surface area contributed by atoms with Crippen LogP contribution in [0.15, 0.2) is 42.5 Å². The number of hydrogen-bond acceptors (Lipinski definition) is 4. The number of fused-ring (bicyclic) bond motifs is 1. The van der Waals surface area contributed by atoms with Gasteiger partial charge in [0.2, 0.25) is 0 Å². The van der Waals surface area contributed by atoms with Crippen molar-refractivity contribution in [3.63, 3.8) is 0 Å². The standard InChI is InChI=1S/C14H11N3OS/c1-9-2-4-10(5-3-9)14(18)15-11-6-7-12-13(8-11)17-19-16-12/h2-8H,1H3,(H,15,18). The third-order valence-corrected chi connectivity index (χ3v) is 3.38. The fourth-order valence-corrected chi connectivity index (χ4v) is 2.29. The molecule has 0 fully saturated rings. The highest BCUT2D eigenvalue weighted by atomic mass is 32.1. The highest BCUT2D eigenvalue weighted by molar-refractivity contribution is 7.00. The molecule has 1 heterocycles. The van der Waals surface area contributed by atoms with E-state index in [0.29, 0.717) is 5.56 Å². The molecular weight excluding hydrogens is 258 g/mol. The van der Waals surface area contributed by atoms with Gasteiger partial charge >= 0.3 is 0 Å². The van der Waals surface area contributed by atoms with Gasteiger partial charge in [0, 0.05) is 11.3 Å². The molecule has 2 aromatic carbocycles. The minimum Gasteiger partial charge on any atom is -0.322 e. The van der Waals surface area contributed by atoms with Gasteiger partial charge in [0.1, 0.15) is 11.0 Å². The third-order valence-electron chi connectivity index (χ3n) is 2.83. The lowest BCUT2D eigenvalue weighted by molar-refractivity contribution is 0.102. The largest absolute Gasteiger partial charge is 0.322 e. The molecule has 0 atom stereocenters. The molecule has 3 aromatic rings. The number of hydrogen-bond donors (Lipinski definition) is 1. The Labute approximate surface area is 114 Å². The quantitative estimate of drug-likeness (QED) is 0.777. The van der Waals surface area contributed by atoms with Gasteiger partial charge in [-0.25, -0.2) is 0 Å². The summed E-state index contributed by atoms with van der Waals surface area (Å²) in [5, 5.41) is 2.86. The second-order valence-electron chi connectivity index (χ2n) is 4.29. The summed E-state index contributed by atoms with van der Waals surface area (Å²) in [7, 11) is 0. The minimum atomic E-state index is -0.123. The molecule has 0 aliphatic rings.